The molecule has 112 valence electrons. The Kier molecular flexibility index (Phi) is 6.14. The van der Waals surface area contributed by atoms with E-state index < -0.39 is 0 Å². The van der Waals surface area contributed by atoms with Crippen LogP contribution in [0.3, 0.4) is 0 Å². The van der Waals surface area contributed by atoms with Crippen LogP contribution in [0.2, 0.25) is 5.02 Å². The summed E-state index contributed by atoms with van der Waals surface area (Å²) in [7, 11) is 0. The van der Waals surface area contributed by atoms with Crippen molar-refractivity contribution in [1.29, 1.82) is 0 Å². The molecule has 1 aromatic rings. The monoisotopic (exact) mass is 296 g/mol. The van der Waals surface area contributed by atoms with Gasteiger partial charge in [-0.3, -0.25) is 4.90 Å². The summed E-state index contributed by atoms with van der Waals surface area (Å²) >= 11 is 6.03. The fourth-order valence-corrected chi connectivity index (χ4v) is 2.96. The van der Waals surface area contributed by atoms with Crippen LogP contribution < -0.4 is 5.32 Å². The first-order chi connectivity index (χ1) is 9.69. The minimum absolute atomic E-state index is 0.343. The molecular weight excluding hydrogens is 272 g/mol. The molecule has 0 saturated carbocycles. The van der Waals surface area contributed by atoms with Gasteiger partial charge in [0, 0.05) is 29.7 Å². The Morgan fingerprint density at radius 1 is 1.45 bits per heavy atom. The number of nitrogens with one attached hydrogen (secondary N) is 1. The molecule has 1 heterocycles. The molecule has 1 aliphatic rings. The number of aromatic hydroxyl groups is 1. The van der Waals surface area contributed by atoms with Gasteiger partial charge < -0.3 is 10.4 Å². The summed E-state index contributed by atoms with van der Waals surface area (Å²) in [6.07, 6.45) is 4.91. The highest BCUT2D eigenvalue weighted by Crippen LogP contribution is 2.23. The van der Waals surface area contributed by atoms with Gasteiger partial charge in [0.15, 0.2) is 0 Å². The van der Waals surface area contributed by atoms with E-state index in [0.717, 1.165) is 31.7 Å². The lowest BCUT2D eigenvalue weighted by molar-refractivity contribution is 0.235. The van der Waals surface area contributed by atoms with Gasteiger partial charge in [-0.05, 0) is 50.6 Å². The highest BCUT2D eigenvalue weighted by Gasteiger charge is 2.18. The van der Waals surface area contributed by atoms with Gasteiger partial charge in [-0.1, -0.05) is 24.9 Å². The molecule has 20 heavy (non-hydrogen) atoms. The standard InChI is InChI=1S/C16H25ClN2O/c1-2-3-9-19(12-15-5-4-8-18-15)11-13-10-14(17)6-7-16(13)20/h6-7,10,15,18,20H,2-5,8-9,11-12H2,1H3. The first-order valence-electron chi connectivity index (χ1n) is 7.62. The Balaban J connectivity index is 1.99. The van der Waals surface area contributed by atoms with Crippen LogP contribution in [0.25, 0.3) is 0 Å². The second-order valence-electron chi connectivity index (χ2n) is 5.65. The lowest BCUT2D eigenvalue weighted by Gasteiger charge is -2.26. The number of hydrogen-bond acceptors (Lipinski definition) is 3. The highest BCUT2D eigenvalue weighted by atomic mass is 35.5. The molecule has 2 N–H and O–H groups in total. The van der Waals surface area contributed by atoms with Crippen LogP contribution in [0.1, 0.15) is 38.2 Å². The van der Waals surface area contributed by atoms with Crippen molar-refractivity contribution in [3.63, 3.8) is 0 Å². The largest absolute Gasteiger partial charge is 0.508 e. The van der Waals surface area contributed by atoms with Crippen molar-refractivity contribution in [2.24, 2.45) is 0 Å². The van der Waals surface area contributed by atoms with Crippen LogP contribution >= 0.6 is 11.6 Å². The van der Waals surface area contributed by atoms with E-state index in [1.54, 1.807) is 12.1 Å². The molecule has 1 unspecified atom stereocenters. The molecule has 0 aromatic heterocycles. The fourth-order valence-electron chi connectivity index (χ4n) is 2.76. The molecule has 0 radical (unpaired) electrons. The predicted molar refractivity (Wildman–Crippen MR) is 84.3 cm³/mol. The summed E-state index contributed by atoms with van der Waals surface area (Å²) in [4.78, 5) is 2.43. The molecule has 0 amide bonds. The van der Waals surface area contributed by atoms with Gasteiger partial charge >= 0.3 is 0 Å². The molecule has 4 heteroatoms. The normalized spacial score (nSPS) is 18.9. The number of hydrogen-bond donors (Lipinski definition) is 2. The Bertz CT molecular complexity index is 419. The molecule has 2 rings (SSSR count). The molecule has 1 aliphatic heterocycles. The molecular formula is C16H25ClN2O. The van der Waals surface area contributed by atoms with E-state index in [-0.39, 0.29) is 0 Å². The topological polar surface area (TPSA) is 35.5 Å². The van der Waals surface area contributed by atoms with E-state index in [9.17, 15) is 5.11 Å². The molecule has 1 aromatic carbocycles. The minimum Gasteiger partial charge on any atom is -0.508 e. The maximum atomic E-state index is 9.97. The highest BCUT2D eigenvalue weighted by molar-refractivity contribution is 6.30. The van der Waals surface area contributed by atoms with Gasteiger partial charge in [0.05, 0.1) is 0 Å². The van der Waals surface area contributed by atoms with Gasteiger partial charge in [-0.2, -0.15) is 0 Å². The SMILES string of the molecule is CCCCN(Cc1cc(Cl)ccc1O)CC1CCCN1. The zero-order valence-electron chi connectivity index (χ0n) is 12.2. The fraction of sp³-hybridized carbons (Fsp3) is 0.625. The van der Waals surface area contributed by atoms with E-state index in [1.165, 1.54) is 25.7 Å². The third-order valence-electron chi connectivity index (χ3n) is 3.90. The predicted octanol–water partition coefficient (Wildman–Crippen LogP) is 3.40. The first-order valence-corrected chi connectivity index (χ1v) is 8.00. The van der Waals surface area contributed by atoms with Crippen LogP contribution in [0.15, 0.2) is 18.2 Å². The van der Waals surface area contributed by atoms with E-state index in [1.807, 2.05) is 6.07 Å². The van der Waals surface area contributed by atoms with Gasteiger partial charge in [-0.15, -0.1) is 0 Å². The maximum absolute atomic E-state index is 9.97. The Hall–Kier alpha value is -0.770. The number of phenolic OH excluding ortho intramolecular Hbond substituents is 1. The van der Waals surface area contributed by atoms with Crippen LogP contribution in [0, 0.1) is 0 Å². The second-order valence-corrected chi connectivity index (χ2v) is 6.09. The number of nitrogens with zero attached hydrogens (tertiary/aromatic N) is 1. The molecule has 1 fully saturated rings. The zero-order chi connectivity index (χ0) is 14.4. The Morgan fingerprint density at radius 2 is 2.30 bits per heavy atom. The average Bonchev–Trinajstić information content (AvgIpc) is 2.93. The van der Waals surface area contributed by atoms with Gasteiger partial charge in [0.1, 0.15) is 5.75 Å². The van der Waals surface area contributed by atoms with E-state index in [2.05, 4.69) is 17.1 Å². The summed E-state index contributed by atoms with van der Waals surface area (Å²) in [5.41, 5.74) is 0.923. The smallest absolute Gasteiger partial charge is 0.120 e. The van der Waals surface area contributed by atoms with Crippen molar-refractivity contribution in [2.75, 3.05) is 19.6 Å². The van der Waals surface area contributed by atoms with Gasteiger partial charge in [0.2, 0.25) is 0 Å². The van der Waals surface area contributed by atoms with Crippen LogP contribution in [-0.2, 0) is 6.54 Å². The van der Waals surface area contributed by atoms with Crippen LogP contribution in [-0.4, -0.2) is 35.7 Å². The first kappa shape index (κ1) is 15.6. The number of phenols is 1. The third-order valence-corrected chi connectivity index (χ3v) is 4.14. The van der Waals surface area contributed by atoms with Gasteiger partial charge in [-0.25, -0.2) is 0 Å². The van der Waals surface area contributed by atoms with Crippen molar-refractivity contribution in [2.45, 2.75) is 45.2 Å². The zero-order valence-corrected chi connectivity index (χ0v) is 13.0. The Morgan fingerprint density at radius 3 is 3.00 bits per heavy atom. The number of benzene rings is 1. The van der Waals surface area contributed by atoms with E-state index >= 15 is 0 Å². The quantitative estimate of drug-likeness (QED) is 0.809. The summed E-state index contributed by atoms with van der Waals surface area (Å²) in [6, 6.07) is 5.88. The summed E-state index contributed by atoms with van der Waals surface area (Å²) in [5.74, 6) is 0.343. The Labute approximate surface area is 126 Å². The van der Waals surface area contributed by atoms with Crippen molar-refractivity contribution >= 4 is 11.6 Å². The van der Waals surface area contributed by atoms with Crippen LogP contribution in [0.5, 0.6) is 5.75 Å². The van der Waals surface area contributed by atoms with Crippen molar-refractivity contribution in [3.05, 3.63) is 28.8 Å². The molecule has 1 atom stereocenters. The summed E-state index contributed by atoms with van der Waals surface area (Å²) in [6.45, 7) is 6.23. The molecule has 0 aliphatic carbocycles. The van der Waals surface area contributed by atoms with Crippen molar-refractivity contribution < 1.29 is 5.11 Å². The van der Waals surface area contributed by atoms with Gasteiger partial charge in [0.25, 0.3) is 0 Å². The number of halogens is 1. The van der Waals surface area contributed by atoms with E-state index in [4.69, 9.17) is 11.6 Å². The third kappa shape index (κ3) is 4.65. The number of unbranched alkanes of at least 4 members (excludes halogenated alkanes) is 1. The number of rotatable bonds is 7. The lowest BCUT2D eigenvalue weighted by atomic mass is 10.1. The summed E-state index contributed by atoms with van der Waals surface area (Å²) in [5, 5.41) is 14.2. The molecule has 1 saturated heterocycles. The van der Waals surface area contributed by atoms with E-state index in [0.29, 0.717) is 16.8 Å². The lowest BCUT2D eigenvalue weighted by Crippen LogP contribution is -2.37. The van der Waals surface area contributed by atoms with Crippen molar-refractivity contribution in [3.8, 4) is 5.75 Å². The van der Waals surface area contributed by atoms with Crippen molar-refractivity contribution in [1.82, 2.24) is 10.2 Å². The van der Waals surface area contributed by atoms with Crippen LogP contribution in [0.4, 0.5) is 0 Å². The minimum atomic E-state index is 0.343. The summed E-state index contributed by atoms with van der Waals surface area (Å²) < 4.78 is 0. The average molecular weight is 297 g/mol. The molecule has 0 spiro atoms. The molecule has 0 bridgehead atoms. The maximum Gasteiger partial charge on any atom is 0.120 e. The second kappa shape index (κ2) is 7.87. The molecule has 3 nitrogen and oxygen atoms in total.